The van der Waals surface area contributed by atoms with Crippen molar-refractivity contribution in [3.63, 3.8) is 0 Å². The summed E-state index contributed by atoms with van der Waals surface area (Å²) in [4.78, 5) is 0. The number of nitrogens with zero attached hydrogens (tertiary/aromatic N) is 2. The van der Waals surface area contributed by atoms with Gasteiger partial charge in [-0.05, 0) is 19.9 Å². The Morgan fingerprint density at radius 1 is 1.35 bits per heavy atom. The van der Waals surface area contributed by atoms with Crippen LogP contribution in [-0.2, 0) is 7.05 Å². The van der Waals surface area contributed by atoms with Gasteiger partial charge in [-0.25, -0.2) is 4.68 Å². The monoisotopic (exact) mass is 231 g/mol. The van der Waals surface area contributed by atoms with Crippen LogP contribution in [0.5, 0.6) is 11.6 Å². The van der Waals surface area contributed by atoms with E-state index in [4.69, 9.17) is 10.5 Å². The fourth-order valence-corrected chi connectivity index (χ4v) is 1.74. The van der Waals surface area contributed by atoms with Gasteiger partial charge in [0.25, 0.3) is 0 Å². The Morgan fingerprint density at radius 3 is 2.65 bits per heavy atom. The Labute approximate surface area is 101 Å². The van der Waals surface area contributed by atoms with E-state index in [1.165, 1.54) is 0 Å². The number of para-hydroxylation sites is 1. The van der Waals surface area contributed by atoms with Crippen molar-refractivity contribution < 1.29 is 4.74 Å². The predicted molar refractivity (Wildman–Crippen MR) is 67.1 cm³/mol. The number of nitrogens with two attached hydrogens (primary N) is 1. The molecule has 0 unspecified atom stereocenters. The SMILES string of the molecule is Cc1cc(Oc2ccccc2[C@@H](C)N)n(C)n1. The normalized spacial score (nSPS) is 12.5. The van der Waals surface area contributed by atoms with E-state index >= 15 is 0 Å². The first-order valence-electron chi connectivity index (χ1n) is 5.61. The van der Waals surface area contributed by atoms with Crippen molar-refractivity contribution in [2.24, 2.45) is 12.8 Å². The maximum Gasteiger partial charge on any atom is 0.217 e. The molecule has 0 spiro atoms. The number of aryl methyl sites for hydroxylation is 2. The van der Waals surface area contributed by atoms with E-state index in [0.29, 0.717) is 0 Å². The van der Waals surface area contributed by atoms with Crippen molar-refractivity contribution in [2.75, 3.05) is 0 Å². The van der Waals surface area contributed by atoms with Crippen molar-refractivity contribution in [3.8, 4) is 11.6 Å². The van der Waals surface area contributed by atoms with Gasteiger partial charge in [-0.1, -0.05) is 18.2 Å². The lowest BCUT2D eigenvalue weighted by atomic mass is 10.1. The van der Waals surface area contributed by atoms with Gasteiger partial charge in [0.1, 0.15) is 5.75 Å². The lowest BCUT2D eigenvalue weighted by Crippen LogP contribution is -2.07. The molecule has 0 saturated heterocycles. The van der Waals surface area contributed by atoms with Crippen molar-refractivity contribution in [1.82, 2.24) is 9.78 Å². The molecule has 2 rings (SSSR count). The van der Waals surface area contributed by atoms with Gasteiger partial charge in [-0.3, -0.25) is 0 Å². The molecule has 17 heavy (non-hydrogen) atoms. The highest BCUT2D eigenvalue weighted by molar-refractivity contribution is 5.38. The molecule has 0 aliphatic carbocycles. The summed E-state index contributed by atoms with van der Waals surface area (Å²) in [6.45, 7) is 3.88. The van der Waals surface area contributed by atoms with E-state index in [1.807, 2.05) is 51.2 Å². The van der Waals surface area contributed by atoms with E-state index in [-0.39, 0.29) is 6.04 Å². The molecular formula is C13H17N3O. The van der Waals surface area contributed by atoms with E-state index in [2.05, 4.69) is 5.10 Å². The minimum atomic E-state index is -0.0551. The van der Waals surface area contributed by atoms with E-state index in [1.54, 1.807) is 4.68 Å². The quantitative estimate of drug-likeness (QED) is 0.883. The molecule has 1 aromatic carbocycles. The minimum Gasteiger partial charge on any atom is -0.439 e. The molecule has 4 heteroatoms. The third-order valence-corrected chi connectivity index (χ3v) is 2.58. The van der Waals surface area contributed by atoms with Crippen molar-refractivity contribution >= 4 is 0 Å². The standard InChI is InChI=1S/C13H17N3O/c1-9-8-13(16(3)15-9)17-12-7-5-4-6-11(12)10(2)14/h4-8,10H,14H2,1-3H3/t10-/m1/s1. The van der Waals surface area contributed by atoms with Crippen LogP contribution in [0.15, 0.2) is 30.3 Å². The van der Waals surface area contributed by atoms with Gasteiger partial charge in [-0.15, -0.1) is 0 Å². The van der Waals surface area contributed by atoms with Gasteiger partial charge in [-0.2, -0.15) is 5.10 Å². The summed E-state index contributed by atoms with van der Waals surface area (Å²) in [5, 5.41) is 4.24. The first-order valence-corrected chi connectivity index (χ1v) is 5.61. The molecule has 0 radical (unpaired) electrons. The van der Waals surface area contributed by atoms with E-state index in [0.717, 1.165) is 22.9 Å². The van der Waals surface area contributed by atoms with Crippen LogP contribution in [0.1, 0.15) is 24.2 Å². The van der Waals surface area contributed by atoms with Crippen LogP contribution in [0.2, 0.25) is 0 Å². The van der Waals surface area contributed by atoms with Crippen LogP contribution in [0.25, 0.3) is 0 Å². The summed E-state index contributed by atoms with van der Waals surface area (Å²) in [5.74, 6) is 1.50. The highest BCUT2D eigenvalue weighted by Crippen LogP contribution is 2.28. The molecule has 0 fully saturated rings. The second-order valence-electron chi connectivity index (χ2n) is 4.18. The van der Waals surface area contributed by atoms with Gasteiger partial charge in [0.2, 0.25) is 5.88 Å². The van der Waals surface area contributed by atoms with Gasteiger partial charge in [0.15, 0.2) is 0 Å². The zero-order chi connectivity index (χ0) is 12.4. The Bertz CT molecular complexity index is 517. The molecule has 0 amide bonds. The molecule has 2 N–H and O–H groups in total. The molecule has 1 atom stereocenters. The highest BCUT2D eigenvalue weighted by Gasteiger charge is 2.10. The number of hydrogen-bond acceptors (Lipinski definition) is 3. The molecule has 4 nitrogen and oxygen atoms in total. The average molecular weight is 231 g/mol. The molecule has 1 heterocycles. The zero-order valence-corrected chi connectivity index (χ0v) is 10.3. The second-order valence-corrected chi connectivity index (χ2v) is 4.18. The molecule has 0 aliphatic rings. The smallest absolute Gasteiger partial charge is 0.217 e. The maximum absolute atomic E-state index is 5.91. The molecule has 0 bridgehead atoms. The minimum absolute atomic E-state index is 0.0551. The molecule has 2 aromatic rings. The van der Waals surface area contributed by atoms with Gasteiger partial charge < -0.3 is 10.5 Å². The molecule has 0 aliphatic heterocycles. The number of hydrogen-bond donors (Lipinski definition) is 1. The Morgan fingerprint density at radius 2 is 2.06 bits per heavy atom. The number of ether oxygens (including phenoxy) is 1. The summed E-state index contributed by atoms with van der Waals surface area (Å²) in [6, 6.07) is 9.63. The molecule has 0 saturated carbocycles. The van der Waals surface area contributed by atoms with Crippen LogP contribution in [-0.4, -0.2) is 9.78 Å². The predicted octanol–water partition coefficient (Wildman–Crippen LogP) is 2.54. The summed E-state index contributed by atoms with van der Waals surface area (Å²) >= 11 is 0. The van der Waals surface area contributed by atoms with Crippen LogP contribution < -0.4 is 10.5 Å². The number of rotatable bonds is 3. The van der Waals surface area contributed by atoms with Crippen LogP contribution in [0.4, 0.5) is 0 Å². The first-order chi connectivity index (χ1) is 8.08. The fourth-order valence-electron chi connectivity index (χ4n) is 1.74. The van der Waals surface area contributed by atoms with E-state index < -0.39 is 0 Å². The summed E-state index contributed by atoms with van der Waals surface area (Å²) in [6.07, 6.45) is 0. The lowest BCUT2D eigenvalue weighted by molar-refractivity contribution is 0.423. The summed E-state index contributed by atoms with van der Waals surface area (Å²) in [7, 11) is 1.86. The Hall–Kier alpha value is -1.81. The van der Waals surface area contributed by atoms with E-state index in [9.17, 15) is 0 Å². The first kappa shape index (κ1) is 11.7. The molecule has 90 valence electrons. The third kappa shape index (κ3) is 2.47. The van der Waals surface area contributed by atoms with Gasteiger partial charge in [0.05, 0.1) is 5.69 Å². The van der Waals surface area contributed by atoms with Gasteiger partial charge in [0, 0.05) is 24.7 Å². The maximum atomic E-state index is 5.91. The topological polar surface area (TPSA) is 53.1 Å². The van der Waals surface area contributed by atoms with Crippen molar-refractivity contribution in [3.05, 3.63) is 41.6 Å². The summed E-state index contributed by atoms with van der Waals surface area (Å²) in [5.41, 5.74) is 7.83. The average Bonchev–Trinajstić information content (AvgIpc) is 2.58. The van der Waals surface area contributed by atoms with Crippen molar-refractivity contribution in [1.29, 1.82) is 0 Å². The second kappa shape index (κ2) is 4.59. The third-order valence-electron chi connectivity index (χ3n) is 2.58. The van der Waals surface area contributed by atoms with Crippen LogP contribution in [0.3, 0.4) is 0 Å². The highest BCUT2D eigenvalue weighted by atomic mass is 16.5. The summed E-state index contributed by atoms with van der Waals surface area (Å²) < 4.78 is 7.56. The van der Waals surface area contributed by atoms with Crippen LogP contribution in [0, 0.1) is 6.92 Å². The lowest BCUT2D eigenvalue weighted by Gasteiger charge is -2.13. The number of aromatic nitrogens is 2. The largest absolute Gasteiger partial charge is 0.439 e. The Balaban J connectivity index is 2.33. The Kier molecular flexibility index (Phi) is 3.15. The van der Waals surface area contributed by atoms with Gasteiger partial charge >= 0.3 is 0 Å². The zero-order valence-electron chi connectivity index (χ0n) is 10.3. The van der Waals surface area contributed by atoms with Crippen molar-refractivity contribution in [2.45, 2.75) is 19.9 Å². The molecule has 1 aromatic heterocycles. The molecular weight excluding hydrogens is 214 g/mol. The number of benzene rings is 1. The fraction of sp³-hybridized carbons (Fsp3) is 0.308. The van der Waals surface area contributed by atoms with Crippen LogP contribution >= 0.6 is 0 Å².